The number of amides is 1. The SMILES string of the molecule is COC(=O)CCC(=O)N1CCN([C@H](c2ccccc2)c2ccc(Br)cc2)CC1. The van der Waals surface area contributed by atoms with E-state index < -0.39 is 0 Å². The third-order valence-electron chi connectivity index (χ3n) is 5.10. The summed E-state index contributed by atoms with van der Waals surface area (Å²) in [6.45, 7) is 2.92. The van der Waals surface area contributed by atoms with E-state index in [0.717, 1.165) is 17.6 Å². The van der Waals surface area contributed by atoms with Crippen molar-refractivity contribution in [2.75, 3.05) is 33.3 Å². The number of benzene rings is 2. The van der Waals surface area contributed by atoms with Crippen molar-refractivity contribution in [3.05, 3.63) is 70.2 Å². The average molecular weight is 445 g/mol. The van der Waals surface area contributed by atoms with Gasteiger partial charge in [0.1, 0.15) is 0 Å². The predicted octanol–water partition coefficient (Wildman–Crippen LogP) is 3.64. The fraction of sp³-hybridized carbons (Fsp3) is 0.364. The molecule has 5 nitrogen and oxygen atoms in total. The van der Waals surface area contributed by atoms with Gasteiger partial charge >= 0.3 is 5.97 Å². The van der Waals surface area contributed by atoms with Gasteiger partial charge in [-0.15, -0.1) is 0 Å². The third-order valence-corrected chi connectivity index (χ3v) is 5.63. The first-order valence-electron chi connectivity index (χ1n) is 9.47. The van der Waals surface area contributed by atoms with Gasteiger partial charge in [-0.05, 0) is 23.3 Å². The maximum atomic E-state index is 12.4. The highest BCUT2D eigenvalue weighted by Crippen LogP contribution is 2.30. The van der Waals surface area contributed by atoms with E-state index in [1.807, 2.05) is 11.0 Å². The zero-order chi connectivity index (χ0) is 19.9. The van der Waals surface area contributed by atoms with E-state index >= 15 is 0 Å². The molecule has 0 saturated carbocycles. The van der Waals surface area contributed by atoms with Gasteiger partial charge in [0.15, 0.2) is 0 Å². The fourth-order valence-electron chi connectivity index (χ4n) is 3.59. The Labute approximate surface area is 174 Å². The molecule has 1 aliphatic heterocycles. The van der Waals surface area contributed by atoms with Crippen LogP contribution in [0, 0.1) is 0 Å². The van der Waals surface area contributed by atoms with Crippen LogP contribution < -0.4 is 0 Å². The second-order valence-corrected chi connectivity index (χ2v) is 7.77. The number of nitrogens with zero attached hydrogens (tertiary/aromatic N) is 2. The minimum atomic E-state index is -0.341. The molecule has 0 unspecified atom stereocenters. The van der Waals surface area contributed by atoms with Gasteiger partial charge < -0.3 is 9.64 Å². The summed E-state index contributed by atoms with van der Waals surface area (Å²) in [4.78, 5) is 27.9. The fourth-order valence-corrected chi connectivity index (χ4v) is 3.86. The van der Waals surface area contributed by atoms with E-state index in [0.29, 0.717) is 13.1 Å². The molecule has 1 atom stereocenters. The van der Waals surface area contributed by atoms with Crippen LogP contribution in [0.15, 0.2) is 59.1 Å². The van der Waals surface area contributed by atoms with Gasteiger partial charge in [-0.2, -0.15) is 0 Å². The van der Waals surface area contributed by atoms with E-state index in [4.69, 9.17) is 0 Å². The molecule has 148 valence electrons. The number of rotatable bonds is 6. The predicted molar refractivity (Wildman–Crippen MR) is 112 cm³/mol. The lowest BCUT2D eigenvalue weighted by Gasteiger charge is -2.39. The largest absolute Gasteiger partial charge is 0.469 e. The summed E-state index contributed by atoms with van der Waals surface area (Å²) in [7, 11) is 1.34. The maximum Gasteiger partial charge on any atom is 0.306 e. The lowest BCUT2D eigenvalue weighted by molar-refractivity contribution is -0.144. The van der Waals surface area contributed by atoms with Gasteiger partial charge in [-0.25, -0.2) is 0 Å². The van der Waals surface area contributed by atoms with E-state index in [2.05, 4.69) is 74.1 Å². The lowest BCUT2D eigenvalue weighted by Crippen LogP contribution is -2.49. The number of hydrogen-bond donors (Lipinski definition) is 0. The number of halogens is 1. The average Bonchev–Trinajstić information content (AvgIpc) is 2.74. The number of piperazine rings is 1. The van der Waals surface area contributed by atoms with E-state index in [1.165, 1.54) is 18.2 Å². The molecule has 6 heteroatoms. The van der Waals surface area contributed by atoms with Crippen molar-refractivity contribution in [3.63, 3.8) is 0 Å². The van der Waals surface area contributed by atoms with Crippen LogP contribution in [0.2, 0.25) is 0 Å². The van der Waals surface area contributed by atoms with Crippen LogP contribution in [0.1, 0.15) is 30.0 Å². The lowest BCUT2D eigenvalue weighted by atomic mass is 9.96. The maximum absolute atomic E-state index is 12.4. The van der Waals surface area contributed by atoms with Crippen LogP contribution in [0.3, 0.4) is 0 Å². The van der Waals surface area contributed by atoms with Crippen LogP contribution in [0.4, 0.5) is 0 Å². The Morgan fingerprint density at radius 3 is 2.14 bits per heavy atom. The van der Waals surface area contributed by atoms with Crippen molar-refractivity contribution in [3.8, 4) is 0 Å². The van der Waals surface area contributed by atoms with E-state index in [1.54, 1.807) is 0 Å². The highest BCUT2D eigenvalue weighted by molar-refractivity contribution is 9.10. The van der Waals surface area contributed by atoms with Gasteiger partial charge in [0.05, 0.1) is 19.6 Å². The molecule has 0 aliphatic carbocycles. The number of ether oxygens (including phenoxy) is 1. The van der Waals surface area contributed by atoms with Crippen molar-refractivity contribution in [2.45, 2.75) is 18.9 Å². The van der Waals surface area contributed by atoms with Crippen molar-refractivity contribution in [1.29, 1.82) is 0 Å². The van der Waals surface area contributed by atoms with Crippen molar-refractivity contribution in [1.82, 2.24) is 9.80 Å². The van der Waals surface area contributed by atoms with Crippen LogP contribution in [-0.4, -0.2) is 55.0 Å². The molecule has 1 fully saturated rings. The van der Waals surface area contributed by atoms with Crippen molar-refractivity contribution < 1.29 is 14.3 Å². The normalized spacial score (nSPS) is 15.9. The van der Waals surface area contributed by atoms with Crippen LogP contribution in [0.25, 0.3) is 0 Å². The van der Waals surface area contributed by atoms with E-state index in [-0.39, 0.29) is 30.8 Å². The molecule has 2 aromatic rings. The summed E-state index contributed by atoms with van der Waals surface area (Å²) >= 11 is 3.51. The highest BCUT2D eigenvalue weighted by Gasteiger charge is 2.28. The third kappa shape index (κ3) is 5.20. The topological polar surface area (TPSA) is 49.9 Å². The zero-order valence-electron chi connectivity index (χ0n) is 16.0. The number of carbonyl (C=O) groups is 2. The Hall–Kier alpha value is -2.18. The monoisotopic (exact) mass is 444 g/mol. The van der Waals surface area contributed by atoms with Gasteiger partial charge in [-0.1, -0.05) is 58.4 Å². The number of hydrogen-bond acceptors (Lipinski definition) is 4. The Bertz CT molecular complexity index is 787. The molecule has 0 radical (unpaired) electrons. The van der Waals surface area contributed by atoms with Crippen LogP contribution in [-0.2, 0) is 14.3 Å². The summed E-state index contributed by atoms with van der Waals surface area (Å²) in [5.41, 5.74) is 2.48. The Balaban J connectivity index is 1.69. The second-order valence-electron chi connectivity index (χ2n) is 6.86. The molecule has 0 bridgehead atoms. The van der Waals surface area contributed by atoms with Crippen LogP contribution in [0.5, 0.6) is 0 Å². The first kappa shape index (κ1) is 20.6. The van der Waals surface area contributed by atoms with Gasteiger partial charge in [-0.3, -0.25) is 14.5 Å². The minimum Gasteiger partial charge on any atom is -0.469 e. The summed E-state index contributed by atoms with van der Waals surface area (Å²) in [5, 5.41) is 0. The number of carbonyl (C=O) groups excluding carboxylic acids is 2. The Morgan fingerprint density at radius 2 is 1.54 bits per heavy atom. The summed E-state index contributed by atoms with van der Waals surface area (Å²) < 4.78 is 5.68. The minimum absolute atomic E-state index is 0.0185. The zero-order valence-corrected chi connectivity index (χ0v) is 17.6. The summed E-state index contributed by atoms with van der Waals surface area (Å²) in [6, 6.07) is 19.0. The number of esters is 1. The molecule has 0 N–H and O–H groups in total. The van der Waals surface area contributed by atoms with Crippen LogP contribution >= 0.6 is 15.9 Å². The molecule has 2 aromatic carbocycles. The molecule has 1 heterocycles. The first-order valence-corrected chi connectivity index (χ1v) is 10.3. The van der Waals surface area contributed by atoms with Gasteiger partial charge in [0.2, 0.25) is 5.91 Å². The van der Waals surface area contributed by atoms with Crippen molar-refractivity contribution in [2.24, 2.45) is 0 Å². The molecular weight excluding hydrogens is 420 g/mol. The van der Waals surface area contributed by atoms with E-state index in [9.17, 15) is 9.59 Å². The first-order chi connectivity index (χ1) is 13.6. The molecule has 1 aliphatic rings. The molecule has 1 saturated heterocycles. The quantitative estimate of drug-likeness (QED) is 0.638. The standard InChI is InChI=1S/C22H25BrN2O3/c1-28-21(27)12-11-20(26)24-13-15-25(16-14-24)22(17-5-3-2-4-6-17)18-7-9-19(23)10-8-18/h2-10,22H,11-16H2,1H3/t22-/m1/s1. The molecule has 0 spiro atoms. The molecule has 28 heavy (non-hydrogen) atoms. The molecule has 1 amide bonds. The summed E-state index contributed by atoms with van der Waals surface area (Å²) in [6.07, 6.45) is 0.350. The van der Waals surface area contributed by atoms with Gasteiger partial charge in [0, 0.05) is 37.1 Å². The smallest absolute Gasteiger partial charge is 0.306 e. The molecular formula is C22H25BrN2O3. The molecule has 0 aromatic heterocycles. The summed E-state index contributed by atoms with van der Waals surface area (Å²) in [5.74, 6) is -0.323. The Morgan fingerprint density at radius 1 is 0.929 bits per heavy atom. The molecule has 3 rings (SSSR count). The Kier molecular flexibility index (Phi) is 7.23. The highest BCUT2D eigenvalue weighted by atomic mass is 79.9. The second kappa shape index (κ2) is 9.85. The van der Waals surface area contributed by atoms with Crippen molar-refractivity contribution >= 4 is 27.8 Å². The number of methoxy groups -OCH3 is 1. The van der Waals surface area contributed by atoms with Gasteiger partial charge in [0.25, 0.3) is 0 Å².